The van der Waals surface area contributed by atoms with Crippen LogP contribution in [0.1, 0.15) is 0 Å². The minimum atomic E-state index is -0.107. The van der Waals surface area contributed by atoms with E-state index in [4.69, 9.17) is 0 Å². The maximum atomic E-state index is 3.29. The van der Waals surface area contributed by atoms with Crippen molar-refractivity contribution in [2.45, 2.75) is 0 Å². The molecular weight excluding hydrogens is 236 g/mol. The third-order valence-corrected chi connectivity index (χ3v) is 3.83. The second-order valence-corrected chi connectivity index (χ2v) is 4.60. The topological polar surface area (TPSA) is 0 Å². The van der Waals surface area contributed by atoms with Gasteiger partial charge in [-0.3, -0.25) is 0 Å². The first-order valence-electron chi connectivity index (χ1n) is 3.15. The molecule has 1 heterocycles. The van der Waals surface area contributed by atoms with Gasteiger partial charge in [-0.05, 0) is 0 Å². The van der Waals surface area contributed by atoms with Crippen molar-refractivity contribution < 1.29 is 0 Å². The fraction of sp³-hybridized carbons (Fsp3) is 0. The first kappa shape index (κ1) is 6.34. The monoisotopic (exact) mass is 244 g/mol. The Balaban J connectivity index is 2.89. The number of rotatable bonds is 0. The molecule has 0 atom stereocenters. The molecule has 0 N–H and O–H groups in total. The normalized spacial score (nSPS) is 10.0. The summed E-state index contributed by atoms with van der Waals surface area (Å²) in [7, 11) is 0. The molecule has 0 spiro atoms. The van der Waals surface area contributed by atoms with Crippen molar-refractivity contribution in [1.29, 1.82) is 0 Å². The van der Waals surface area contributed by atoms with Gasteiger partial charge in [-0.1, -0.05) is 0 Å². The Morgan fingerprint density at radius 3 is 2.90 bits per heavy atom. The second kappa shape index (κ2) is 2.70. The molecule has 2 aromatic rings. The molecular formula is C9H6Te+. The van der Waals surface area contributed by atoms with E-state index in [1.165, 1.54) is 8.79 Å². The molecule has 0 saturated carbocycles. The van der Waals surface area contributed by atoms with Gasteiger partial charge in [-0.25, -0.2) is 0 Å². The molecule has 0 aliphatic heterocycles. The number of hydrogen-bond donors (Lipinski definition) is 0. The second-order valence-electron chi connectivity index (χ2n) is 2.09. The van der Waals surface area contributed by atoms with E-state index < -0.39 is 0 Å². The van der Waals surface area contributed by atoms with E-state index in [9.17, 15) is 0 Å². The van der Waals surface area contributed by atoms with Crippen molar-refractivity contribution in [3.05, 3.63) is 40.5 Å². The summed E-state index contributed by atoms with van der Waals surface area (Å²) in [6.45, 7) is 0. The summed E-state index contributed by atoms with van der Waals surface area (Å²) in [5.41, 5.74) is 0. The fourth-order valence-electron chi connectivity index (χ4n) is 0.932. The van der Waals surface area contributed by atoms with Crippen LogP contribution in [0.2, 0.25) is 0 Å². The zero-order chi connectivity index (χ0) is 6.81. The van der Waals surface area contributed by atoms with Crippen molar-refractivity contribution >= 4 is 29.2 Å². The zero-order valence-corrected chi connectivity index (χ0v) is 7.70. The Bertz CT molecular complexity index is 276. The number of fused-ring (bicyclic) bond motifs is 1. The van der Waals surface area contributed by atoms with Crippen LogP contribution in [-0.2, 0) is 0 Å². The summed E-state index contributed by atoms with van der Waals surface area (Å²) in [6.07, 6.45) is 0. The summed E-state index contributed by atoms with van der Waals surface area (Å²) in [5, 5.41) is 1.39. The van der Waals surface area contributed by atoms with Crippen LogP contribution in [0.3, 0.4) is 0 Å². The van der Waals surface area contributed by atoms with Crippen molar-refractivity contribution in [2.75, 3.05) is 0 Å². The van der Waals surface area contributed by atoms with Crippen LogP contribution in [0.15, 0.2) is 36.4 Å². The van der Waals surface area contributed by atoms with E-state index >= 15 is 0 Å². The van der Waals surface area contributed by atoms with Crippen LogP contribution in [0.4, 0.5) is 0 Å². The Labute approximate surface area is 69.7 Å². The van der Waals surface area contributed by atoms with Crippen LogP contribution >= 0.6 is 0 Å². The number of hydrogen-bond acceptors (Lipinski definition) is 0. The van der Waals surface area contributed by atoms with Gasteiger partial charge in [-0.15, -0.1) is 0 Å². The van der Waals surface area contributed by atoms with E-state index in [0.717, 1.165) is 0 Å². The van der Waals surface area contributed by atoms with Gasteiger partial charge < -0.3 is 0 Å². The van der Waals surface area contributed by atoms with Crippen molar-refractivity contribution in [1.82, 2.24) is 0 Å². The van der Waals surface area contributed by atoms with Gasteiger partial charge in [0.15, 0.2) is 0 Å². The predicted molar refractivity (Wildman–Crippen MR) is 44.1 cm³/mol. The van der Waals surface area contributed by atoms with E-state index in [1.807, 2.05) is 6.07 Å². The molecule has 0 unspecified atom stereocenters. The van der Waals surface area contributed by atoms with Gasteiger partial charge in [0.25, 0.3) is 0 Å². The molecule has 47 valence electrons. The van der Waals surface area contributed by atoms with Gasteiger partial charge in [0.1, 0.15) is 0 Å². The molecule has 0 bridgehead atoms. The molecule has 0 amide bonds. The average molecular weight is 242 g/mol. The quantitative estimate of drug-likeness (QED) is 0.619. The minimum absolute atomic E-state index is 0.107. The Kier molecular flexibility index (Phi) is 1.71. The van der Waals surface area contributed by atoms with Crippen LogP contribution in [0, 0.1) is 4.08 Å². The third-order valence-electron chi connectivity index (χ3n) is 1.42. The molecule has 1 radical (unpaired) electrons. The molecule has 0 aliphatic carbocycles. The molecule has 0 aliphatic rings. The zero-order valence-electron chi connectivity index (χ0n) is 5.37. The number of benzene rings is 1. The van der Waals surface area contributed by atoms with Gasteiger partial charge >= 0.3 is 69.7 Å². The Hall–Kier alpha value is -0.380. The van der Waals surface area contributed by atoms with Crippen LogP contribution in [0.25, 0.3) is 8.79 Å². The molecule has 0 nitrogen and oxygen atoms in total. The van der Waals surface area contributed by atoms with Crippen molar-refractivity contribution in [3.8, 4) is 0 Å². The first-order valence-corrected chi connectivity index (χ1v) is 5.48. The molecule has 1 aromatic carbocycles. The summed E-state index contributed by atoms with van der Waals surface area (Å²) in [6, 6.07) is 12.7. The maximum absolute atomic E-state index is 3.29. The van der Waals surface area contributed by atoms with Gasteiger partial charge in [-0.2, -0.15) is 0 Å². The van der Waals surface area contributed by atoms with E-state index in [0.29, 0.717) is 0 Å². The summed E-state index contributed by atoms with van der Waals surface area (Å²) < 4.78 is 4.80. The van der Waals surface area contributed by atoms with E-state index in [-0.39, 0.29) is 20.4 Å². The van der Waals surface area contributed by atoms with Crippen molar-refractivity contribution in [3.63, 3.8) is 0 Å². The predicted octanol–water partition coefficient (Wildman–Crippen LogP) is 1.98. The molecule has 0 saturated heterocycles. The fourth-order valence-corrected chi connectivity index (χ4v) is 2.83. The molecule has 1 aromatic heterocycles. The average Bonchev–Trinajstić information content (AvgIpc) is 2.05. The first-order chi connectivity index (χ1) is 4.97. The van der Waals surface area contributed by atoms with Crippen LogP contribution in [0.5, 0.6) is 0 Å². The van der Waals surface area contributed by atoms with Crippen LogP contribution < -0.4 is 0 Å². The standard InChI is InChI=1S/C9H6Te/c1-2-6-9-8(4-1)5-3-7-10-9/h1-6H/q+1. The van der Waals surface area contributed by atoms with Gasteiger partial charge in [0, 0.05) is 0 Å². The molecule has 0 fully saturated rings. The molecule has 10 heavy (non-hydrogen) atoms. The third kappa shape index (κ3) is 1.08. The van der Waals surface area contributed by atoms with Gasteiger partial charge in [0.2, 0.25) is 0 Å². The Morgan fingerprint density at radius 2 is 2.00 bits per heavy atom. The Morgan fingerprint density at radius 1 is 1.10 bits per heavy atom. The molecule has 2 rings (SSSR count). The summed E-state index contributed by atoms with van der Waals surface area (Å²) >= 11 is -0.107. The van der Waals surface area contributed by atoms with Crippen molar-refractivity contribution in [2.24, 2.45) is 0 Å². The summed E-state index contributed by atoms with van der Waals surface area (Å²) in [5.74, 6) is 0. The SMILES string of the molecule is [c]1ccc2ccccc2[te+]1. The molecule has 1 heteroatoms. The van der Waals surface area contributed by atoms with Gasteiger partial charge in [0.05, 0.1) is 0 Å². The van der Waals surface area contributed by atoms with E-state index in [1.54, 1.807) is 0 Å². The van der Waals surface area contributed by atoms with Crippen LogP contribution in [-0.4, -0.2) is 20.4 Å². The van der Waals surface area contributed by atoms with E-state index in [2.05, 4.69) is 34.4 Å². The summed E-state index contributed by atoms with van der Waals surface area (Å²) in [4.78, 5) is 0.